The van der Waals surface area contributed by atoms with Crippen LogP contribution < -0.4 is 82.4 Å². The zero-order valence-electron chi connectivity index (χ0n) is 56.9. The first-order valence-electron chi connectivity index (χ1n) is 30.7. The van der Waals surface area contributed by atoms with Crippen molar-refractivity contribution in [1.29, 1.82) is 0 Å². The predicted octanol–water partition coefficient (Wildman–Crippen LogP) is 0.844. The minimum absolute atomic E-state index is 0. The molecule has 7 aromatic carbocycles. The number of hydrogen-bond donors (Lipinski definition) is 0. The fourth-order valence-electron chi connectivity index (χ4n) is 12.2. The third-order valence-electron chi connectivity index (χ3n) is 15.9. The molecule has 470 valence electrons. The van der Waals surface area contributed by atoms with Gasteiger partial charge in [0, 0.05) is 0 Å². The molecule has 18 heteroatoms. The molecule has 0 fully saturated rings. The van der Waals surface area contributed by atoms with E-state index in [9.17, 15) is 0 Å². The number of hydrogen-bond acceptors (Lipinski definition) is 8. The summed E-state index contributed by atoms with van der Waals surface area (Å²) in [6.07, 6.45) is 8.85. The molecule has 0 aliphatic carbocycles. The predicted molar refractivity (Wildman–Crippen MR) is 364 cm³/mol. The van der Waals surface area contributed by atoms with E-state index in [1.165, 1.54) is 44.8 Å². The maximum atomic E-state index is 6.39. The van der Waals surface area contributed by atoms with Crippen molar-refractivity contribution in [2.75, 3.05) is 26.4 Å². The number of aliphatic imine (C=N–C) groups is 4. The van der Waals surface area contributed by atoms with Gasteiger partial charge in [0.05, 0.1) is 57.7 Å². The Morgan fingerprint density at radius 2 is 0.554 bits per heavy atom. The summed E-state index contributed by atoms with van der Waals surface area (Å²) < 4.78 is 34.3. The van der Waals surface area contributed by atoms with Gasteiger partial charge in [-0.2, -0.15) is 0 Å². The number of aromatic nitrogens is 4. The van der Waals surface area contributed by atoms with E-state index in [-0.39, 0.29) is 84.7 Å². The van der Waals surface area contributed by atoms with Gasteiger partial charge in [0.2, 0.25) is 12.7 Å². The van der Waals surface area contributed by atoms with Crippen LogP contribution in [0.3, 0.4) is 0 Å². The molecule has 92 heavy (non-hydrogen) atoms. The first kappa shape index (κ1) is 75.5. The third-order valence-corrected chi connectivity index (χ3v) is 15.9. The van der Waals surface area contributed by atoms with Crippen LogP contribution in [0.25, 0.3) is 11.4 Å². The van der Waals surface area contributed by atoms with Crippen molar-refractivity contribution in [3.05, 3.63) is 265 Å². The largest absolute Gasteiger partial charge is 1.00 e. The molecule has 0 amide bonds. The zero-order valence-corrected chi connectivity index (χ0v) is 58.4. The van der Waals surface area contributed by atoms with E-state index in [4.69, 9.17) is 38.9 Å². The number of halogens is 2. The van der Waals surface area contributed by atoms with Gasteiger partial charge in [-0.15, -0.1) is 10.9 Å². The number of ether oxygens (including phenoxy) is 4. The van der Waals surface area contributed by atoms with Gasteiger partial charge in [0.15, 0.2) is 0 Å². The maximum absolute atomic E-state index is 6.39. The summed E-state index contributed by atoms with van der Waals surface area (Å²) in [7, 11) is 0. The number of nitrogens with zero attached hydrogens (tertiary/aromatic N) is 8. The Bertz CT molecular complexity index is 3450. The molecule has 9 aromatic rings. The van der Waals surface area contributed by atoms with Gasteiger partial charge in [-0.05, 0) is 119 Å². The molecule has 0 radical (unpaired) electrons. The summed E-state index contributed by atoms with van der Waals surface area (Å²) in [4.78, 5) is 20.4. The van der Waals surface area contributed by atoms with Crippen molar-refractivity contribution in [2.45, 2.75) is 119 Å². The Morgan fingerprint density at radius 3 is 0.750 bits per heavy atom. The van der Waals surface area contributed by atoms with Crippen LogP contribution in [0.5, 0.6) is 0 Å². The molecule has 13 rings (SSSR count). The Labute approximate surface area is 583 Å². The number of imidazole rings is 2. The molecular weight excluding hydrogens is 1170 g/mol. The van der Waals surface area contributed by atoms with Gasteiger partial charge in [0.1, 0.15) is 50.2 Å². The van der Waals surface area contributed by atoms with E-state index < -0.39 is 12.6 Å². The molecule has 0 N–H and O–H groups in total. The van der Waals surface area contributed by atoms with Crippen LogP contribution in [0.1, 0.15) is 88.8 Å². The Balaban J connectivity index is 0.000000252. The fourth-order valence-corrected chi connectivity index (χ4v) is 12.2. The van der Waals surface area contributed by atoms with Crippen molar-refractivity contribution >= 4 is 46.7 Å². The zero-order chi connectivity index (χ0) is 62.7. The third kappa shape index (κ3) is 17.7. The molecule has 0 saturated carbocycles. The minimum atomic E-state index is -1.91. The molecule has 0 saturated heterocycles. The van der Waals surface area contributed by atoms with Gasteiger partial charge in [-0.1, -0.05) is 205 Å². The van der Waals surface area contributed by atoms with Crippen LogP contribution >= 0.6 is 0 Å². The van der Waals surface area contributed by atoms with Crippen LogP contribution in [-0.2, 0) is 18.9 Å². The second-order valence-electron chi connectivity index (χ2n) is 26.2. The van der Waals surface area contributed by atoms with Crippen molar-refractivity contribution < 1.29 is 90.4 Å². The second-order valence-corrected chi connectivity index (χ2v) is 26.2. The molecule has 4 aliphatic heterocycles. The number of aryl methyl sites for hydroxylation is 6. The fraction of sp³-hybridized carbons (Fsp3) is 0.297. The summed E-state index contributed by atoms with van der Waals surface area (Å²) in [6.45, 7) is 31.8. The standard InChI is InChI=1S/2C28H35BN4O2.3C6H6.2ClH.2Li/c2*1-20-15-21(2)24(22(3)16-20)32-13-14-33(19-32)29(23-11-9-8-10-12-23,25-30-27(4,5)17-34-25)26-31-28(6,7)18-35-26;3*1-2-4-6-5-3-1;;;;/h2*8-16,19H,17-18H2,1-7H3;3*1-6H;2*1H;;/q;;;;;;;2*+1/p-2. The Hall–Kier alpha value is -7.26. The SMILES string of the molecule is Cc1cc(C)c(-n2cc[n+]([B-](C3=NC(C)(C)CO3)(C3=NC(C)(C)CO3)c3ccccc3)c2)c(C)c1.Cc1cc(C)c(-n2cc[n+]([B-](C3=NC(C)(C)CO3)(C3=NC(C)(C)CO3)c3ccccc3)c2)c(C)c1.[Cl-].[Cl-].[Li+].[Li+].c1ccccc1.c1ccccc1.c1ccccc1. The summed E-state index contributed by atoms with van der Waals surface area (Å²) in [5.41, 5.74) is 10.6. The van der Waals surface area contributed by atoms with Crippen molar-refractivity contribution in [1.82, 2.24) is 9.13 Å². The first-order valence-corrected chi connectivity index (χ1v) is 30.7. The quantitative estimate of drug-likeness (QED) is 0.190. The van der Waals surface area contributed by atoms with Crippen molar-refractivity contribution in [2.24, 2.45) is 20.0 Å². The molecule has 2 aromatic heterocycles. The molecule has 12 nitrogen and oxygen atoms in total. The Morgan fingerprint density at radius 1 is 0.348 bits per heavy atom. The maximum Gasteiger partial charge on any atom is 1.00 e. The first-order chi connectivity index (χ1) is 42.0. The van der Waals surface area contributed by atoms with Crippen LogP contribution in [0.2, 0.25) is 0 Å². The van der Waals surface area contributed by atoms with Crippen molar-refractivity contribution in [3.8, 4) is 11.4 Å². The average Bonchev–Trinajstić information content (AvgIpc) is 1.52. The van der Waals surface area contributed by atoms with Gasteiger partial charge < -0.3 is 52.7 Å². The van der Waals surface area contributed by atoms with Crippen LogP contribution in [0.4, 0.5) is 0 Å². The molecule has 4 aliphatic rings. The van der Waals surface area contributed by atoms with E-state index in [1.807, 2.05) is 121 Å². The van der Waals surface area contributed by atoms with Crippen LogP contribution in [-0.4, -0.2) is 93.5 Å². The number of rotatable bonds is 10. The second kappa shape index (κ2) is 32.5. The molecule has 0 atom stereocenters. The van der Waals surface area contributed by atoms with Crippen LogP contribution in [0.15, 0.2) is 252 Å². The molecule has 0 bridgehead atoms. The normalized spacial score (nSPS) is 15.7. The van der Waals surface area contributed by atoms with E-state index in [1.54, 1.807) is 0 Å². The summed E-state index contributed by atoms with van der Waals surface area (Å²) in [5, 5.41) is 0. The van der Waals surface area contributed by atoms with E-state index >= 15 is 0 Å². The molecule has 0 spiro atoms. The summed E-state index contributed by atoms with van der Waals surface area (Å²) >= 11 is 0. The number of benzene rings is 7. The van der Waals surface area contributed by atoms with Crippen molar-refractivity contribution in [3.63, 3.8) is 0 Å². The Kier molecular flexibility index (Phi) is 26.7. The van der Waals surface area contributed by atoms with Gasteiger partial charge >= 0.3 is 50.3 Å². The molecule has 0 unspecified atom stereocenters. The van der Waals surface area contributed by atoms with E-state index in [0.717, 1.165) is 10.9 Å². The smallest absolute Gasteiger partial charge is 1.00 e. The van der Waals surface area contributed by atoms with Gasteiger partial charge in [0.25, 0.3) is 0 Å². The summed E-state index contributed by atoms with van der Waals surface area (Å²) in [5.74, 6) is 2.66. The topological polar surface area (TPSA) is 104 Å². The summed E-state index contributed by atoms with van der Waals surface area (Å²) in [6, 6.07) is 65.7. The minimum Gasteiger partial charge on any atom is -1.00 e. The van der Waals surface area contributed by atoms with Gasteiger partial charge in [-0.25, -0.2) is 9.13 Å². The average molecular weight is 1260 g/mol. The monoisotopic (exact) mass is 1260 g/mol. The van der Waals surface area contributed by atoms with Crippen LogP contribution in [0, 0.1) is 41.5 Å². The molecular formula is C74H88B2Cl2Li2N8O4. The molecule has 6 heterocycles. The van der Waals surface area contributed by atoms with E-state index in [0.29, 0.717) is 49.6 Å². The van der Waals surface area contributed by atoms with Gasteiger partial charge in [-0.3, -0.25) is 20.0 Å². The van der Waals surface area contributed by atoms with E-state index in [2.05, 4.69) is 225 Å².